The standard InChI is InChI=1S/C24H33ClO3/c1-15(2)9-7-10-16(3)11-8-12-17(4)13-14-20-23(27)21(19(6)26)18(5)22(25)24(20)28/h9,11,13,27-28H,7-8,10,12,14H2,1-6H3/b16-11+,17-13+. The summed E-state index contributed by atoms with van der Waals surface area (Å²) in [5.74, 6) is -0.598. The molecule has 28 heavy (non-hydrogen) atoms. The lowest BCUT2D eigenvalue weighted by Gasteiger charge is -2.14. The molecular formula is C24H33ClO3. The molecule has 4 heteroatoms. The molecule has 0 aliphatic rings. The van der Waals surface area contributed by atoms with Gasteiger partial charge in [0.05, 0.1) is 10.6 Å². The van der Waals surface area contributed by atoms with Gasteiger partial charge in [0.25, 0.3) is 0 Å². The molecule has 0 unspecified atom stereocenters. The van der Waals surface area contributed by atoms with Crippen molar-refractivity contribution in [1.82, 2.24) is 0 Å². The monoisotopic (exact) mass is 404 g/mol. The molecule has 0 aliphatic heterocycles. The maximum Gasteiger partial charge on any atom is 0.163 e. The van der Waals surface area contributed by atoms with Crippen LogP contribution in [-0.2, 0) is 6.42 Å². The van der Waals surface area contributed by atoms with Gasteiger partial charge < -0.3 is 10.2 Å². The van der Waals surface area contributed by atoms with E-state index in [1.807, 2.05) is 13.0 Å². The molecule has 0 saturated heterocycles. The van der Waals surface area contributed by atoms with Gasteiger partial charge in [-0.1, -0.05) is 46.5 Å². The van der Waals surface area contributed by atoms with Gasteiger partial charge >= 0.3 is 0 Å². The first-order chi connectivity index (χ1) is 13.1. The first-order valence-corrected chi connectivity index (χ1v) is 10.1. The van der Waals surface area contributed by atoms with Gasteiger partial charge in [0, 0.05) is 5.56 Å². The van der Waals surface area contributed by atoms with Gasteiger partial charge in [-0.15, -0.1) is 0 Å². The molecule has 1 rings (SSSR count). The number of phenols is 2. The zero-order chi connectivity index (χ0) is 21.4. The van der Waals surface area contributed by atoms with E-state index in [0.717, 1.165) is 31.3 Å². The molecule has 0 aromatic heterocycles. The van der Waals surface area contributed by atoms with Gasteiger partial charge in [-0.25, -0.2) is 0 Å². The highest BCUT2D eigenvalue weighted by molar-refractivity contribution is 6.33. The third-order valence-electron chi connectivity index (χ3n) is 4.85. The minimum Gasteiger partial charge on any atom is -0.507 e. The van der Waals surface area contributed by atoms with Gasteiger partial charge in [0.1, 0.15) is 11.5 Å². The van der Waals surface area contributed by atoms with Crippen molar-refractivity contribution in [1.29, 1.82) is 0 Å². The van der Waals surface area contributed by atoms with Crippen LogP contribution >= 0.6 is 11.6 Å². The fourth-order valence-corrected chi connectivity index (χ4v) is 3.31. The second kappa shape index (κ2) is 11.1. The van der Waals surface area contributed by atoms with Crippen LogP contribution in [0.25, 0.3) is 0 Å². The van der Waals surface area contributed by atoms with Crippen molar-refractivity contribution in [2.75, 3.05) is 0 Å². The number of Topliss-reactive ketones (excluding diaryl/α,β-unsaturated/α-hetero) is 1. The summed E-state index contributed by atoms with van der Waals surface area (Å²) in [4.78, 5) is 11.8. The summed E-state index contributed by atoms with van der Waals surface area (Å²) in [7, 11) is 0. The largest absolute Gasteiger partial charge is 0.507 e. The van der Waals surface area contributed by atoms with Crippen molar-refractivity contribution < 1.29 is 15.0 Å². The molecule has 154 valence electrons. The second-order valence-corrected chi connectivity index (χ2v) is 8.09. The van der Waals surface area contributed by atoms with Gasteiger partial charge in [-0.05, 0) is 79.2 Å². The number of allylic oxidation sites excluding steroid dienone is 6. The molecule has 0 radical (unpaired) electrons. The third kappa shape index (κ3) is 6.87. The number of hydrogen-bond donors (Lipinski definition) is 2. The molecule has 2 N–H and O–H groups in total. The summed E-state index contributed by atoms with van der Waals surface area (Å²) >= 11 is 6.15. The zero-order valence-corrected chi connectivity index (χ0v) is 18.7. The highest BCUT2D eigenvalue weighted by Gasteiger charge is 2.22. The van der Waals surface area contributed by atoms with E-state index in [1.165, 1.54) is 18.1 Å². The number of aromatic hydroxyl groups is 2. The average Bonchev–Trinajstić information content (AvgIpc) is 2.59. The zero-order valence-electron chi connectivity index (χ0n) is 17.9. The molecule has 0 heterocycles. The Morgan fingerprint density at radius 2 is 1.43 bits per heavy atom. The molecule has 0 atom stereocenters. The van der Waals surface area contributed by atoms with Crippen LogP contribution in [0, 0.1) is 6.92 Å². The van der Waals surface area contributed by atoms with Crippen LogP contribution in [0.5, 0.6) is 11.5 Å². The minimum absolute atomic E-state index is 0.124. The van der Waals surface area contributed by atoms with Crippen LogP contribution in [0.3, 0.4) is 0 Å². The average molecular weight is 405 g/mol. The van der Waals surface area contributed by atoms with Crippen molar-refractivity contribution in [2.45, 2.75) is 73.6 Å². The van der Waals surface area contributed by atoms with Crippen molar-refractivity contribution in [3.8, 4) is 11.5 Å². The number of carbonyl (C=O) groups is 1. The van der Waals surface area contributed by atoms with E-state index in [0.29, 0.717) is 17.5 Å². The Kier molecular flexibility index (Phi) is 9.54. The van der Waals surface area contributed by atoms with Gasteiger partial charge in [0.15, 0.2) is 5.78 Å². The molecule has 0 fully saturated rings. The van der Waals surface area contributed by atoms with Crippen LogP contribution in [0.2, 0.25) is 5.02 Å². The number of hydrogen-bond acceptors (Lipinski definition) is 3. The Morgan fingerprint density at radius 3 is 1.96 bits per heavy atom. The normalized spacial score (nSPS) is 12.2. The summed E-state index contributed by atoms with van der Waals surface area (Å²) < 4.78 is 0. The van der Waals surface area contributed by atoms with Crippen LogP contribution in [0.1, 0.15) is 81.8 Å². The number of halogens is 1. The van der Waals surface area contributed by atoms with Crippen LogP contribution in [-0.4, -0.2) is 16.0 Å². The lowest BCUT2D eigenvalue weighted by atomic mass is 9.96. The maximum absolute atomic E-state index is 11.8. The number of carbonyl (C=O) groups excluding carboxylic acids is 1. The number of rotatable bonds is 9. The lowest BCUT2D eigenvalue weighted by molar-refractivity contribution is 0.101. The van der Waals surface area contributed by atoms with Gasteiger partial charge in [-0.3, -0.25) is 4.79 Å². The van der Waals surface area contributed by atoms with E-state index in [-0.39, 0.29) is 27.9 Å². The Hall–Kier alpha value is -2.00. The van der Waals surface area contributed by atoms with E-state index >= 15 is 0 Å². The Morgan fingerprint density at radius 1 is 0.893 bits per heavy atom. The number of phenolic OH excluding ortho intramolecular Hbond substituents is 2. The topological polar surface area (TPSA) is 57.5 Å². The van der Waals surface area contributed by atoms with E-state index in [4.69, 9.17) is 11.6 Å². The molecule has 0 aliphatic carbocycles. The van der Waals surface area contributed by atoms with E-state index in [9.17, 15) is 15.0 Å². The van der Waals surface area contributed by atoms with Gasteiger partial charge in [0.2, 0.25) is 0 Å². The summed E-state index contributed by atoms with van der Waals surface area (Å²) in [5.41, 5.74) is 4.78. The third-order valence-corrected chi connectivity index (χ3v) is 5.31. The first kappa shape index (κ1) is 24.0. The fraction of sp³-hybridized carbons (Fsp3) is 0.458. The summed E-state index contributed by atoms with van der Waals surface area (Å²) in [6, 6.07) is 0. The molecule has 0 spiro atoms. The van der Waals surface area contributed by atoms with Crippen molar-refractivity contribution >= 4 is 17.4 Å². The number of ketones is 1. The van der Waals surface area contributed by atoms with E-state index in [2.05, 4.69) is 32.9 Å². The first-order valence-electron chi connectivity index (χ1n) is 9.74. The highest BCUT2D eigenvalue weighted by atomic mass is 35.5. The molecule has 0 saturated carbocycles. The number of benzene rings is 1. The van der Waals surface area contributed by atoms with Crippen LogP contribution in [0.15, 0.2) is 34.9 Å². The van der Waals surface area contributed by atoms with Crippen molar-refractivity contribution in [2.24, 2.45) is 0 Å². The second-order valence-electron chi connectivity index (χ2n) is 7.71. The van der Waals surface area contributed by atoms with Crippen LogP contribution < -0.4 is 0 Å². The summed E-state index contributed by atoms with van der Waals surface area (Å²) in [5, 5.41) is 20.9. The Bertz CT molecular complexity index is 810. The SMILES string of the molecule is CC(=O)c1c(C)c(Cl)c(O)c(C/C=C(\C)CC/C=C(\C)CCC=C(C)C)c1O. The summed E-state index contributed by atoms with van der Waals surface area (Å²) in [6.07, 6.45) is 10.8. The molecule has 1 aromatic carbocycles. The molecular weight excluding hydrogens is 372 g/mol. The van der Waals surface area contributed by atoms with E-state index < -0.39 is 0 Å². The highest BCUT2D eigenvalue weighted by Crippen LogP contribution is 2.41. The molecule has 0 amide bonds. The van der Waals surface area contributed by atoms with Gasteiger partial charge in [-0.2, -0.15) is 0 Å². The smallest absolute Gasteiger partial charge is 0.163 e. The Labute approximate surface area is 174 Å². The predicted molar refractivity (Wildman–Crippen MR) is 119 cm³/mol. The van der Waals surface area contributed by atoms with Crippen molar-refractivity contribution in [3.05, 3.63) is 56.7 Å². The quantitative estimate of drug-likeness (QED) is 0.337. The fourth-order valence-electron chi connectivity index (χ4n) is 3.10. The predicted octanol–water partition coefficient (Wildman–Crippen LogP) is 7.22. The van der Waals surface area contributed by atoms with Crippen molar-refractivity contribution in [3.63, 3.8) is 0 Å². The lowest BCUT2D eigenvalue weighted by Crippen LogP contribution is -2.01. The maximum atomic E-state index is 11.8. The minimum atomic E-state index is -0.271. The van der Waals surface area contributed by atoms with E-state index in [1.54, 1.807) is 6.92 Å². The molecule has 0 bridgehead atoms. The van der Waals surface area contributed by atoms with Crippen LogP contribution in [0.4, 0.5) is 0 Å². The Balaban J connectivity index is 2.81. The molecule has 1 aromatic rings. The molecule has 3 nitrogen and oxygen atoms in total. The summed E-state index contributed by atoms with van der Waals surface area (Å²) in [6.45, 7) is 11.4.